The van der Waals surface area contributed by atoms with Crippen LogP contribution in [0, 0.1) is 6.92 Å². The summed E-state index contributed by atoms with van der Waals surface area (Å²) in [6.07, 6.45) is 1.61. The van der Waals surface area contributed by atoms with Crippen LogP contribution >= 0.6 is 27.3 Å². The highest BCUT2D eigenvalue weighted by Gasteiger charge is 2.08. The van der Waals surface area contributed by atoms with Crippen LogP contribution in [-0.4, -0.2) is 17.1 Å². The molecule has 0 spiro atoms. The number of amides is 1. The Kier molecular flexibility index (Phi) is 6.54. The number of hydrazone groups is 1. The quantitative estimate of drug-likeness (QED) is 0.243. The summed E-state index contributed by atoms with van der Waals surface area (Å²) in [4.78, 5) is 17.0. The number of anilines is 2. The van der Waals surface area contributed by atoms with E-state index < -0.39 is 0 Å². The maximum atomic E-state index is 12.3. The SMILES string of the molecule is Cc1ccc(Nc2nc(-c3ccc(C(=O)N/N=C\c4ccc(Br)cc4)cc3)cs2)cc1. The van der Waals surface area contributed by atoms with Gasteiger partial charge in [-0.25, -0.2) is 10.4 Å². The number of aromatic nitrogens is 1. The van der Waals surface area contributed by atoms with Gasteiger partial charge in [0.25, 0.3) is 5.91 Å². The molecule has 1 aromatic heterocycles. The minimum Gasteiger partial charge on any atom is -0.332 e. The third-order valence-corrected chi connectivity index (χ3v) is 5.79. The van der Waals surface area contributed by atoms with E-state index in [0.717, 1.165) is 32.1 Å². The summed E-state index contributed by atoms with van der Waals surface area (Å²) in [5, 5.41) is 10.1. The van der Waals surface area contributed by atoms with Crippen molar-refractivity contribution in [1.29, 1.82) is 0 Å². The van der Waals surface area contributed by atoms with Crippen molar-refractivity contribution in [2.75, 3.05) is 5.32 Å². The zero-order valence-electron chi connectivity index (χ0n) is 16.7. The van der Waals surface area contributed by atoms with Crippen LogP contribution in [0.15, 0.2) is 87.8 Å². The van der Waals surface area contributed by atoms with Gasteiger partial charge in [0.1, 0.15) is 0 Å². The molecule has 0 aliphatic carbocycles. The molecule has 0 saturated heterocycles. The number of aryl methyl sites for hydroxylation is 1. The number of hydrogen-bond acceptors (Lipinski definition) is 5. The van der Waals surface area contributed by atoms with Crippen molar-refractivity contribution < 1.29 is 4.79 Å². The largest absolute Gasteiger partial charge is 0.332 e. The zero-order chi connectivity index (χ0) is 21.6. The lowest BCUT2D eigenvalue weighted by atomic mass is 10.1. The van der Waals surface area contributed by atoms with E-state index in [1.165, 1.54) is 5.56 Å². The summed E-state index contributed by atoms with van der Waals surface area (Å²) >= 11 is 4.93. The Morgan fingerprint density at radius 1 is 1.00 bits per heavy atom. The highest BCUT2D eigenvalue weighted by molar-refractivity contribution is 9.10. The minimum atomic E-state index is -0.264. The molecule has 5 nitrogen and oxygen atoms in total. The second-order valence-corrected chi connectivity index (χ2v) is 8.63. The summed E-state index contributed by atoms with van der Waals surface area (Å²) in [6, 6.07) is 23.1. The van der Waals surface area contributed by atoms with Crippen molar-refractivity contribution in [3.63, 3.8) is 0 Å². The van der Waals surface area contributed by atoms with Crippen molar-refractivity contribution in [1.82, 2.24) is 10.4 Å². The van der Waals surface area contributed by atoms with Crippen LogP contribution < -0.4 is 10.7 Å². The molecule has 2 N–H and O–H groups in total. The van der Waals surface area contributed by atoms with Gasteiger partial charge in [-0.15, -0.1) is 11.3 Å². The number of halogens is 1. The second kappa shape index (κ2) is 9.68. The Labute approximate surface area is 193 Å². The smallest absolute Gasteiger partial charge is 0.271 e. The van der Waals surface area contributed by atoms with E-state index in [4.69, 9.17) is 0 Å². The lowest BCUT2D eigenvalue weighted by Gasteiger charge is -2.03. The molecule has 0 atom stereocenters. The standard InChI is InChI=1S/C24H19BrN4OS/c1-16-2-12-21(13-3-16)27-24-28-22(15-31-24)18-6-8-19(9-7-18)23(30)29-26-14-17-4-10-20(25)11-5-17/h2-15H,1H3,(H,27,28)(H,29,30)/b26-14-. The van der Waals surface area contributed by atoms with Gasteiger partial charge >= 0.3 is 0 Å². The van der Waals surface area contributed by atoms with Crippen molar-refractivity contribution in [3.8, 4) is 11.3 Å². The van der Waals surface area contributed by atoms with Gasteiger partial charge in [-0.2, -0.15) is 5.10 Å². The predicted molar refractivity (Wildman–Crippen MR) is 131 cm³/mol. The van der Waals surface area contributed by atoms with Crippen LogP contribution in [0.1, 0.15) is 21.5 Å². The zero-order valence-corrected chi connectivity index (χ0v) is 19.1. The molecule has 0 radical (unpaired) electrons. The van der Waals surface area contributed by atoms with Gasteiger partial charge in [0, 0.05) is 26.7 Å². The van der Waals surface area contributed by atoms with E-state index in [-0.39, 0.29) is 5.91 Å². The number of nitrogens with zero attached hydrogens (tertiary/aromatic N) is 2. The number of nitrogens with one attached hydrogen (secondary N) is 2. The lowest BCUT2D eigenvalue weighted by molar-refractivity contribution is 0.0955. The highest BCUT2D eigenvalue weighted by atomic mass is 79.9. The topological polar surface area (TPSA) is 66.4 Å². The van der Waals surface area contributed by atoms with Gasteiger partial charge < -0.3 is 5.32 Å². The molecule has 0 fully saturated rings. The van der Waals surface area contributed by atoms with Gasteiger partial charge in [-0.05, 0) is 48.9 Å². The van der Waals surface area contributed by atoms with Crippen LogP contribution in [0.3, 0.4) is 0 Å². The molecule has 0 aliphatic rings. The van der Waals surface area contributed by atoms with Crippen molar-refractivity contribution in [2.45, 2.75) is 6.92 Å². The van der Waals surface area contributed by atoms with Gasteiger partial charge in [0.05, 0.1) is 11.9 Å². The Morgan fingerprint density at radius 3 is 2.42 bits per heavy atom. The maximum absolute atomic E-state index is 12.3. The van der Waals surface area contributed by atoms with Crippen LogP contribution in [0.2, 0.25) is 0 Å². The Bertz CT molecular complexity index is 1200. The van der Waals surface area contributed by atoms with Gasteiger partial charge in [-0.1, -0.05) is 57.9 Å². The number of carbonyl (C=O) groups is 1. The highest BCUT2D eigenvalue weighted by Crippen LogP contribution is 2.27. The third-order valence-electron chi connectivity index (χ3n) is 4.50. The summed E-state index contributed by atoms with van der Waals surface area (Å²) in [7, 11) is 0. The average molecular weight is 491 g/mol. The summed E-state index contributed by atoms with van der Waals surface area (Å²) < 4.78 is 0.993. The number of carbonyl (C=O) groups excluding carboxylic acids is 1. The molecule has 0 bridgehead atoms. The van der Waals surface area contributed by atoms with Crippen molar-refractivity contribution in [2.24, 2.45) is 5.10 Å². The normalized spacial score (nSPS) is 10.9. The van der Waals surface area contributed by atoms with E-state index in [9.17, 15) is 4.79 Å². The lowest BCUT2D eigenvalue weighted by Crippen LogP contribution is -2.17. The Hall–Kier alpha value is -3.29. The predicted octanol–water partition coefficient (Wildman–Crippen LogP) is 6.39. The molecule has 4 aromatic rings. The molecule has 7 heteroatoms. The fourth-order valence-corrected chi connectivity index (χ4v) is 3.80. The van der Waals surface area contributed by atoms with E-state index in [0.29, 0.717) is 5.56 Å². The molecule has 154 valence electrons. The summed E-state index contributed by atoms with van der Waals surface area (Å²) in [5.74, 6) is -0.264. The summed E-state index contributed by atoms with van der Waals surface area (Å²) in [5.41, 5.74) is 8.01. The number of rotatable bonds is 6. The number of benzene rings is 3. The first kappa shape index (κ1) is 21.0. The molecule has 3 aromatic carbocycles. The van der Waals surface area contributed by atoms with Gasteiger partial charge in [0.15, 0.2) is 5.13 Å². The fourth-order valence-electron chi connectivity index (χ4n) is 2.80. The van der Waals surface area contributed by atoms with Crippen LogP contribution in [0.5, 0.6) is 0 Å². The molecule has 1 amide bonds. The van der Waals surface area contributed by atoms with Gasteiger partial charge in [0.2, 0.25) is 0 Å². The van der Waals surface area contributed by atoms with Crippen LogP contribution in [-0.2, 0) is 0 Å². The van der Waals surface area contributed by atoms with Gasteiger partial charge in [-0.3, -0.25) is 4.79 Å². The van der Waals surface area contributed by atoms with E-state index in [1.807, 2.05) is 53.9 Å². The molecule has 0 aliphatic heterocycles. The average Bonchev–Trinajstić information content (AvgIpc) is 3.25. The molecule has 1 heterocycles. The number of hydrogen-bond donors (Lipinski definition) is 2. The first-order chi connectivity index (χ1) is 15.1. The van der Waals surface area contributed by atoms with Crippen molar-refractivity contribution >= 4 is 50.2 Å². The first-order valence-electron chi connectivity index (χ1n) is 9.55. The van der Waals surface area contributed by atoms with E-state index >= 15 is 0 Å². The van der Waals surface area contributed by atoms with E-state index in [1.54, 1.807) is 29.7 Å². The third kappa shape index (κ3) is 5.65. The minimum absolute atomic E-state index is 0.264. The fraction of sp³-hybridized carbons (Fsp3) is 0.0417. The monoisotopic (exact) mass is 490 g/mol. The molecule has 0 saturated carbocycles. The number of thiazole rings is 1. The van der Waals surface area contributed by atoms with E-state index in [2.05, 4.69) is 55.8 Å². The van der Waals surface area contributed by atoms with Crippen LogP contribution in [0.25, 0.3) is 11.3 Å². The Balaban J connectivity index is 1.37. The molecular formula is C24H19BrN4OS. The summed E-state index contributed by atoms with van der Waals surface area (Å²) in [6.45, 7) is 2.06. The first-order valence-corrected chi connectivity index (χ1v) is 11.2. The molecule has 4 rings (SSSR count). The Morgan fingerprint density at radius 2 is 1.71 bits per heavy atom. The van der Waals surface area contributed by atoms with Crippen LogP contribution in [0.4, 0.5) is 10.8 Å². The second-order valence-electron chi connectivity index (χ2n) is 6.86. The van der Waals surface area contributed by atoms with Crippen molar-refractivity contribution in [3.05, 3.63) is 99.3 Å². The molecule has 0 unspecified atom stereocenters. The molecule has 31 heavy (non-hydrogen) atoms. The molecular weight excluding hydrogens is 472 g/mol. The maximum Gasteiger partial charge on any atom is 0.271 e.